The highest BCUT2D eigenvalue weighted by atomic mass is 16.4. The molecule has 20 heavy (non-hydrogen) atoms. The predicted molar refractivity (Wildman–Crippen MR) is 74.6 cm³/mol. The largest absolute Gasteiger partial charge is 0.481 e. The van der Waals surface area contributed by atoms with Gasteiger partial charge in [-0.2, -0.15) is 5.10 Å². The van der Waals surface area contributed by atoms with E-state index in [1.54, 1.807) is 17.1 Å². The maximum atomic E-state index is 10.6. The van der Waals surface area contributed by atoms with Gasteiger partial charge < -0.3 is 10.2 Å². The van der Waals surface area contributed by atoms with Gasteiger partial charge in [0.1, 0.15) is 0 Å². The molecule has 1 aromatic carbocycles. The topological polar surface area (TPSA) is 75.3 Å². The normalized spacial score (nSPS) is 13.9. The number of carboxylic acid groups (broad SMARTS) is 1. The van der Waals surface area contributed by atoms with Gasteiger partial charge in [-0.25, -0.2) is 4.68 Å². The van der Waals surface area contributed by atoms with Crippen molar-refractivity contribution in [1.29, 1.82) is 0 Å². The Morgan fingerprint density at radius 1 is 1.35 bits per heavy atom. The summed E-state index contributed by atoms with van der Waals surface area (Å²) in [6.07, 6.45) is 3.16. The van der Waals surface area contributed by atoms with E-state index in [0.717, 1.165) is 5.69 Å². The van der Waals surface area contributed by atoms with Crippen molar-refractivity contribution in [3.8, 4) is 5.69 Å². The van der Waals surface area contributed by atoms with Crippen LogP contribution in [0.1, 0.15) is 31.4 Å². The second-order valence-corrected chi connectivity index (χ2v) is 5.01. The van der Waals surface area contributed by atoms with Crippen LogP contribution in [0.4, 0.5) is 0 Å². The SMILES string of the molecule is CC(CC(=O)O)CC(O)c1cnn(-c2ccccc2)c1. The van der Waals surface area contributed by atoms with E-state index in [1.165, 1.54) is 0 Å². The number of benzene rings is 1. The van der Waals surface area contributed by atoms with E-state index >= 15 is 0 Å². The number of aliphatic carboxylic acids is 1. The molecule has 0 amide bonds. The maximum Gasteiger partial charge on any atom is 0.303 e. The third-order valence-corrected chi connectivity index (χ3v) is 3.16. The molecule has 5 heteroatoms. The van der Waals surface area contributed by atoms with E-state index in [4.69, 9.17) is 5.11 Å². The number of para-hydroxylation sites is 1. The summed E-state index contributed by atoms with van der Waals surface area (Å²) < 4.78 is 1.69. The molecule has 0 spiro atoms. The first-order valence-corrected chi connectivity index (χ1v) is 6.56. The number of carboxylic acids is 1. The summed E-state index contributed by atoms with van der Waals surface area (Å²) in [6, 6.07) is 9.62. The molecule has 0 saturated heterocycles. The summed E-state index contributed by atoms with van der Waals surface area (Å²) in [4.78, 5) is 10.6. The van der Waals surface area contributed by atoms with Gasteiger partial charge in [-0.1, -0.05) is 25.1 Å². The number of aliphatic hydroxyl groups excluding tert-OH is 1. The zero-order valence-electron chi connectivity index (χ0n) is 11.3. The molecule has 2 unspecified atom stereocenters. The number of carbonyl (C=O) groups is 1. The zero-order chi connectivity index (χ0) is 14.5. The van der Waals surface area contributed by atoms with Gasteiger partial charge in [0.2, 0.25) is 0 Å². The Bertz CT molecular complexity index is 566. The van der Waals surface area contributed by atoms with E-state index in [-0.39, 0.29) is 12.3 Å². The molecule has 5 nitrogen and oxygen atoms in total. The Labute approximate surface area is 117 Å². The van der Waals surface area contributed by atoms with Crippen LogP contribution in [0.25, 0.3) is 5.69 Å². The lowest BCUT2D eigenvalue weighted by Crippen LogP contribution is -2.08. The van der Waals surface area contributed by atoms with Gasteiger partial charge in [-0.05, 0) is 24.5 Å². The van der Waals surface area contributed by atoms with Crippen LogP contribution in [0.3, 0.4) is 0 Å². The summed E-state index contributed by atoms with van der Waals surface area (Å²) in [5.41, 5.74) is 1.62. The molecule has 2 N–H and O–H groups in total. The third-order valence-electron chi connectivity index (χ3n) is 3.16. The second-order valence-electron chi connectivity index (χ2n) is 5.01. The molecule has 2 atom stereocenters. The molecule has 0 saturated carbocycles. The average Bonchev–Trinajstić information content (AvgIpc) is 2.88. The Hall–Kier alpha value is -2.14. The summed E-state index contributed by atoms with van der Waals surface area (Å²) in [6.45, 7) is 1.82. The lowest BCUT2D eigenvalue weighted by molar-refractivity contribution is -0.138. The highest BCUT2D eigenvalue weighted by molar-refractivity contribution is 5.66. The Morgan fingerprint density at radius 3 is 2.70 bits per heavy atom. The van der Waals surface area contributed by atoms with Crippen molar-refractivity contribution >= 4 is 5.97 Å². The Morgan fingerprint density at radius 2 is 2.05 bits per heavy atom. The summed E-state index contributed by atoms with van der Waals surface area (Å²) in [5.74, 6) is -0.924. The molecule has 2 aromatic rings. The Kier molecular flexibility index (Phi) is 4.53. The van der Waals surface area contributed by atoms with E-state index in [0.29, 0.717) is 12.0 Å². The van der Waals surface area contributed by atoms with Crippen LogP contribution < -0.4 is 0 Å². The standard InChI is InChI=1S/C15H18N2O3/c1-11(8-15(19)20)7-14(18)12-9-16-17(10-12)13-5-3-2-4-6-13/h2-6,9-11,14,18H,7-8H2,1H3,(H,19,20). The number of hydrogen-bond acceptors (Lipinski definition) is 3. The Balaban J connectivity index is 2.03. The highest BCUT2D eigenvalue weighted by Crippen LogP contribution is 2.23. The molecule has 0 radical (unpaired) electrons. The van der Waals surface area contributed by atoms with Crippen LogP contribution >= 0.6 is 0 Å². The van der Waals surface area contributed by atoms with Crippen molar-refractivity contribution in [3.05, 3.63) is 48.3 Å². The molecule has 0 aliphatic heterocycles. The summed E-state index contributed by atoms with van der Waals surface area (Å²) in [7, 11) is 0. The smallest absolute Gasteiger partial charge is 0.303 e. The number of aromatic nitrogens is 2. The van der Waals surface area contributed by atoms with Gasteiger partial charge in [0, 0.05) is 18.2 Å². The van der Waals surface area contributed by atoms with Crippen molar-refractivity contribution in [3.63, 3.8) is 0 Å². The van der Waals surface area contributed by atoms with E-state index < -0.39 is 12.1 Å². The molecule has 0 fully saturated rings. The highest BCUT2D eigenvalue weighted by Gasteiger charge is 2.16. The summed E-state index contributed by atoms with van der Waals surface area (Å²) in [5, 5.41) is 23.1. The minimum absolute atomic E-state index is 0.0594. The average molecular weight is 274 g/mol. The third kappa shape index (κ3) is 3.68. The first-order chi connectivity index (χ1) is 9.56. The van der Waals surface area contributed by atoms with Gasteiger partial charge in [-0.3, -0.25) is 4.79 Å². The van der Waals surface area contributed by atoms with Gasteiger partial charge in [0.05, 0.1) is 18.0 Å². The van der Waals surface area contributed by atoms with Crippen LogP contribution in [0.2, 0.25) is 0 Å². The zero-order valence-corrected chi connectivity index (χ0v) is 11.3. The fraction of sp³-hybridized carbons (Fsp3) is 0.333. The van der Waals surface area contributed by atoms with Crippen LogP contribution in [0, 0.1) is 5.92 Å². The van der Waals surface area contributed by atoms with E-state index in [2.05, 4.69) is 5.10 Å². The molecule has 1 aromatic heterocycles. The monoisotopic (exact) mass is 274 g/mol. The molecule has 106 valence electrons. The number of nitrogens with zero attached hydrogens (tertiary/aromatic N) is 2. The van der Waals surface area contributed by atoms with Crippen LogP contribution in [0.5, 0.6) is 0 Å². The van der Waals surface area contributed by atoms with Gasteiger partial charge in [0.25, 0.3) is 0 Å². The van der Waals surface area contributed by atoms with Crippen molar-refractivity contribution in [2.24, 2.45) is 5.92 Å². The molecule has 1 heterocycles. The predicted octanol–water partition coefficient (Wildman–Crippen LogP) is 2.41. The van der Waals surface area contributed by atoms with Gasteiger partial charge in [-0.15, -0.1) is 0 Å². The lowest BCUT2D eigenvalue weighted by atomic mass is 9.97. The van der Waals surface area contributed by atoms with Crippen LogP contribution in [-0.4, -0.2) is 26.0 Å². The van der Waals surface area contributed by atoms with Crippen molar-refractivity contribution in [2.45, 2.75) is 25.9 Å². The molecule has 0 bridgehead atoms. The van der Waals surface area contributed by atoms with Gasteiger partial charge >= 0.3 is 5.97 Å². The fourth-order valence-corrected chi connectivity index (χ4v) is 2.13. The summed E-state index contributed by atoms with van der Waals surface area (Å²) >= 11 is 0. The fourth-order valence-electron chi connectivity index (χ4n) is 2.13. The molecule has 2 rings (SSSR count). The van der Waals surface area contributed by atoms with Crippen molar-refractivity contribution in [2.75, 3.05) is 0 Å². The van der Waals surface area contributed by atoms with Crippen molar-refractivity contribution < 1.29 is 15.0 Å². The molecule has 0 aliphatic rings. The first kappa shape index (κ1) is 14.3. The van der Waals surface area contributed by atoms with Crippen molar-refractivity contribution in [1.82, 2.24) is 9.78 Å². The van der Waals surface area contributed by atoms with Crippen LogP contribution in [0.15, 0.2) is 42.7 Å². The van der Waals surface area contributed by atoms with E-state index in [1.807, 2.05) is 37.3 Å². The number of hydrogen-bond donors (Lipinski definition) is 2. The molecular formula is C15H18N2O3. The minimum Gasteiger partial charge on any atom is -0.481 e. The quantitative estimate of drug-likeness (QED) is 0.848. The molecular weight excluding hydrogens is 256 g/mol. The number of aliphatic hydroxyl groups is 1. The minimum atomic E-state index is -0.843. The van der Waals surface area contributed by atoms with E-state index in [9.17, 15) is 9.90 Å². The maximum absolute atomic E-state index is 10.6. The van der Waals surface area contributed by atoms with Crippen LogP contribution in [-0.2, 0) is 4.79 Å². The van der Waals surface area contributed by atoms with Gasteiger partial charge in [0.15, 0.2) is 0 Å². The molecule has 0 aliphatic carbocycles. The second kappa shape index (κ2) is 6.34. The number of rotatable bonds is 6. The first-order valence-electron chi connectivity index (χ1n) is 6.56. The lowest BCUT2D eigenvalue weighted by Gasteiger charge is -2.13.